The second-order valence-electron chi connectivity index (χ2n) is 5.48. The maximum Gasteiger partial charge on any atom is 0.123 e. The van der Waals surface area contributed by atoms with Crippen molar-refractivity contribution < 1.29 is 9.50 Å². The van der Waals surface area contributed by atoms with Gasteiger partial charge < -0.3 is 10.0 Å². The number of hydrogen-bond acceptors (Lipinski definition) is 2. The predicted octanol–water partition coefficient (Wildman–Crippen LogP) is 3.97. The van der Waals surface area contributed by atoms with Crippen LogP contribution in [0.3, 0.4) is 0 Å². The third kappa shape index (κ3) is 2.89. The first-order valence-corrected chi connectivity index (χ1v) is 7.44. The number of anilines is 1. The summed E-state index contributed by atoms with van der Waals surface area (Å²) >= 11 is 6.13. The van der Waals surface area contributed by atoms with Gasteiger partial charge in [0.1, 0.15) is 5.82 Å². The lowest BCUT2D eigenvalue weighted by atomic mass is 9.84. The van der Waals surface area contributed by atoms with E-state index in [0.29, 0.717) is 36.5 Å². The minimum atomic E-state index is -1.05. The Morgan fingerprint density at radius 3 is 2.38 bits per heavy atom. The van der Waals surface area contributed by atoms with Gasteiger partial charge in [-0.2, -0.15) is 0 Å². The topological polar surface area (TPSA) is 23.5 Å². The van der Waals surface area contributed by atoms with E-state index in [2.05, 4.69) is 17.0 Å². The molecule has 3 rings (SSSR count). The number of aliphatic hydroxyl groups is 1. The van der Waals surface area contributed by atoms with Crippen LogP contribution < -0.4 is 4.90 Å². The van der Waals surface area contributed by atoms with Gasteiger partial charge in [0.2, 0.25) is 0 Å². The average molecular weight is 306 g/mol. The lowest BCUT2D eigenvalue weighted by Gasteiger charge is -2.40. The van der Waals surface area contributed by atoms with E-state index in [9.17, 15) is 9.50 Å². The highest BCUT2D eigenvalue weighted by molar-refractivity contribution is 6.31. The van der Waals surface area contributed by atoms with Crippen molar-refractivity contribution in [3.05, 3.63) is 64.9 Å². The highest BCUT2D eigenvalue weighted by Gasteiger charge is 2.35. The summed E-state index contributed by atoms with van der Waals surface area (Å²) in [6, 6.07) is 14.3. The van der Waals surface area contributed by atoms with Gasteiger partial charge in [0, 0.05) is 29.4 Å². The first kappa shape index (κ1) is 14.4. The maximum atomic E-state index is 13.4. The summed E-state index contributed by atoms with van der Waals surface area (Å²) in [4.78, 5) is 2.22. The smallest absolute Gasteiger partial charge is 0.123 e. The van der Waals surface area contributed by atoms with Gasteiger partial charge in [0.05, 0.1) is 5.60 Å². The molecule has 4 heteroatoms. The molecular weight excluding hydrogens is 289 g/mol. The third-order valence-corrected chi connectivity index (χ3v) is 4.47. The van der Waals surface area contributed by atoms with Gasteiger partial charge in [-0.05, 0) is 43.2 Å². The lowest BCUT2D eigenvalue weighted by molar-refractivity contribution is 0.0116. The lowest BCUT2D eigenvalue weighted by Crippen LogP contribution is -2.42. The third-order valence-electron chi connectivity index (χ3n) is 4.14. The number of para-hydroxylation sites is 1. The van der Waals surface area contributed by atoms with Crippen LogP contribution in [-0.4, -0.2) is 18.2 Å². The molecular formula is C17H17ClFNO. The normalized spacial score (nSPS) is 17.8. The molecule has 2 aromatic carbocycles. The van der Waals surface area contributed by atoms with E-state index in [1.54, 1.807) is 0 Å². The van der Waals surface area contributed by atoms with Crippen molar-refractivity contribution >= 4 is 17.3 Å². The van der Waals surface area contributed by atoms with E-state index in [0.717, 1.165) is 5.69 Å². The predicted molar refractivity (Wildman–Crippen MR) is 83.2 cm³/mol. The summed E-state index contributed by atoms with van der Waals surface area (Å²) < 4.78 is 13.4. The molecule has 0 radical (unpaired) electrons. The summed E-state index contributed by atoms with van der Waals surface area (Å²) in [5.41, 5.74) is 0.589. The molecule has 0 saturated carbocycles. The molecule has 1 aliphatic rings. The van der Waals surface area contributed by atoms with Crippen LogP contribution in [0.1, 0.15) is 18.4 Å². The van der Waals surface area contributed by atoms with Gasteiger partial charge in [-0.1, -0.05) is 29.8 Å². The molecule has 0 bridgehead atoms. The molecule has 0 aliphatic carbocycles. The maximum absolute atomic E-state index is 13.4. The molecule has 0 atom stereocenters. The summed E-state index contributed by atoms with van der Waals surface area (Å²) in [5.74, 6) is -0.367. The number of piperidine rings is 1. The first-order chi connectivity index (χ1) is 10.1. The molecule has 1 aliphatic heterocycles. The first-order valence-electron chi connectivity index (χ1n) is 7.06. The summed E-state index contributed by atoms with van der Waals surface area (Å²) in [5, 5.41) is 11.3. The Kier molecular flexibility index (Phi) is 3.87. The number of hydrogen-bond donors (Lipinski definition) is 1. The molecule has 1 saturated heterocycles. The SMILES string of the molecule is OC1(c2cc(F)ccc2Cl)CCN(c2ccccc2)CC1. The molecule has 1 heterocycles. The molecule has 110 valence electrons. The van der Waals surface area contributed by atoms with Gasteiger partial charge in [-0.3, -0.25) is 0 Å². The zero-order valence-electron chi connectivity index (χ0n) is 11.6. The van der Waals surface area contributed by atoms with Crippen molar-refractivity contribution in [3.63, 3.8) is 0 Å². The van der Waals surface area contributed by atoms with E-state index < -0.39 is 5.60 Å². The summed E-state index contributed by atoms with van der Waals surface area (Å²) in [7, 11) is 0. The summed E-state index contributed by atoms with van der Waals surface area (Å²) in [6.45, 7) is 1.43. The minimum absolute atomic E-state index is 0.367. The average Bonchev–Trinajstić information content (AvgIpc) is 2.51. The Morgan fingerprint density at radius 1 is 1.05 bits per heavy atom. The Hall–Kier alpha value is -1.58. The summed E-state index contributed by atoms with van der Waals surface area (Å²) in [6.07, 6.45) is 1.07. The second-order valence-corrected chi connectivity index (χ2v) is 5.89. The molecule has 0 spiro atoms. The van der Waals surface area contributed by atoms with Crippen molar-refractivity contribution in [1.82, 2.24) is 0 Å². The fourth-order valence-corrected chi connectivity index (χ4v) is 3.19. The van der Waals surface area contributed by atoms with Crippen LogP contribution >= 0.6 is 11.6 Å². The van der Waals surface area contributed by atoms with Crippen molar-refractivity contribution in [1.29, 1.82) is 0 Å². The largest absolute Gasteiger partial charge is 0.385 e. The van der Waals surface area contributed by atoms with Crippen molar-refractivity contribution in [2.75, 3.05) is 18.0 Å². The molecule has 2 aromatic rings. The van der Waals surface area contributed by atoms with Gasteiger partial charge in [0.25, 0.3) is 0 Å². The fourth-order valence-electron chi connectivity index (χ4n) is 2.90. The van der Waals surface area contributed by atoms with Gasteiger partial charge in [-0.15, -0.1) is 0 Å². The van der Waals surface area contributed by atoms with E-state index in [1.165, 1.54) is 18.2 Å². The van der Waals surface area contributed by atoms with Gasteiger partial charge in [0.15, 0.2) is 0 Å². The van der Waals surface area contributed by atoms with Crippen LogP contribution in [0.2, 0.25) is 5.02 Å². The highest BCUT2D eigenvalue weighted by atomic mass is 35.5. The van der Waals surface area contributed by atoms with E-state index >= 15 is 0 Å². The van der Waals surface area contributed by atoms with Crippen LogP contribution in [0.5, 0.6) is 0 Å². The fraction of sp³-hybridized carbons (Fsp3) is 0.294. The zero-order valence-corrected chi connectivity index (χ0v) is 12.4. The quantitative estimate of drug-likeness (QED) is 0.907. The molecule has 0 aromatic heterocycles. The van der Waals surface area contributed by atoms with Gasteiger partial charge in [-0.25, -0.2) is 4.39 Å². The monoisotopic (exact) mass is 305 g/mol. The minimum Gasteiger partial charge on any atom is -0.385 e. The van der Waals surface area contributed by atoms with Crippen LogP contribution in [0.4, 0.5) is 10.1 Å². The Balaban J connectivity index is 1.79. The number of rotatable bonds is 2. The molecule has 2 nitrogen and oxygen atoms in total. The van der Waals surface area contributed by atoms with Gasteiger partial charge >= 0.3 is 0 Å². The zero-order chi connectivity index (χ0) is 14.9. The van der Waals surface area contributed by atoms with Crippen LogP contribution in [0.25, 0.3) is 0 Å². The Morgan fingerprint density at radius 2 is 1.71 bits per heavy atom. The highest BCUT2D eigenvalue weighted by Crippen LogP contribution is 2.38. The van der Waals surface area contributed by atoms with Crippen LogP contribution in [0.15, 0.2) is 48.5 Å². The molecule has 0 amide bonds. The van der Waals surface area contributed by atoms with Crippen molar-refractivity contribution in [3.8, 4) is 0 Å². The number of halogens is 2. The molecule has 1 fully saturated rings. The van der Waals surface area contributed by atoms with E-state index in [-0.39, 0.29) is 5.82 Å². The Labute approximate surface area is 128 Å². The van der Waals surface area contributed by atoms with Crippen LogP contribution in [0, 0.1) is 5.82 Å². The van der Waals surface area contributed by atoms with Crippen LogP contribution in [-0.2, 0) is 5.60 Å². The standard InChI is InChI=1S/C17H17ClFNO/c18-16-7-6-13(19)12-15(16)17(21)8-10-20(11-9-17)14-4-2-1-3-5-14/h1-7,12,21H,8-11H2. The molecule has 1 N–H and O–H groups in total. The molecule has 0 unspecified atom stereocenters. The number of benzene rings is 2. The van der Waals surface area contributed by atoms with Crippen molar-refractivity contribution in [2.24, 2.45) is 0 Å². The number of nitrogens with zero attached hydrogens (tertiary/aromatic N) is 1. The van der Waals surface area contributed by atoms with Crippen molar-refractivity contribution in [2.45, 2.75) is 18.4 Å². The Bertz CT molecular complexity index is 624. The second kappa shape index (κ2) is 5.66. The molecule has 21 heavy (non-hydrogen) atoms. The van der Waals surface area contributed by atoms with E-state index in [1.807, 2.05) is 18.2 Å². The van der Waals surface area contributed by atoms with E-state index in [4.69, 9.17) is 11.6 Å².